The zero-order valence-corrected chi connectivity index (χ0v) is 16.2. The molecule has 146 valence electrons. The summed E-state index contributed by atoms with van der Waals surface area (Å²) in [4.78, 5) is 28.2. The Hall–Kier alpha value is -2.66. The molecule has 1 aliphatic heterocycles. The third-order valence-electron chi connectivity index (χ3n) is 5.75. The molecular formula is C23H26N2O3. The average Bonchev–Trinajstić information content (AvgIpc) is 2.89. The monoisotopic (exact) mass is 378 g/mol. The van der Waals surface area contributed by atoms with Gasteiger partial charge in [-0.25, -0.2) is 4.79 Å². The highest BCUT2D eigenvalue weighted by Crippen LogP contribution is 2.25. The summed E-state index contributed by atoms with van der Waals surface area (Å²) in [6.45, 7) is 0.686. The lowest BCUT2D eigenvalue weighted by molar-refractivity contribution is -0.131. The van der Waals surface area contributed by atoms with Crippen molar-refractivity contribution >= 4 is 11.9 Å². The van der Waals surface area contributed by atoms with E-state index in [2.05, 4.69) is 24.3 Å². The van der Waals surface area contributed by atoms with Gasteiger partial charge in [-0.05, 0) is 42.4 Å². The second-order valence-corrected chi connectivity index (χ2v) is 7.60. The van der Waals surface area contributed by atoms with Gasteiger partial charge in [0, 0.05) is 13.6 Å². The minimum Gasteiger partial charge on any atom is -0.376 e. The third-order valence-corrected chi connectivity index (χ3v) is 5.75. The fourth-order valence-corrected chi connectivity index (χ4v) is 3.70. The van der Waals surface area contributed by atoms with Crippen LogP contribution < -0.4 is 0 Å². The molecule has 0 bridgehead atoms. The van der Waals surface area contributed by atoms with E-state index in [1.54, 1.807) is 7.05 Å². The largest absolute Gasteiger partial charge is 0.376 e. The Kier molecular flexibility index (Phi) is 5.44. The van der Waals surface area contributed by atoms with E-state index in [1.165, 1.54) is 16.2 Å². The summed E-state index contributed by atoms with van der Waals surface area (Å²) in [7, 11) is 1.69. The van der Waals surface area contributed by atoms with Crippen molar-refractivity contribution in [2.45, 2.75) is 37.8 Å². The molecule has 2 aromatic rings. The molecule has 1 saturated carbocycles. The molecule has 0 radical (unpaired) electrons. The maximum Gasteiger partial charge on any atom is 0.327 e. The Morgan fingerprint density at radius 1 is 1.00 bits per heavy atom. The molecule has 5 heteroatoms. The first kappa shape index (κ1) is 18.7. The van der Waals surface area contributed by atoms with E-state index in [9.17, 15) is 9.59 Å². The summed E-state index contributed by atoms with van der Waals surface area (Å²) in [5.41, 5.74) is 3.41. The Morgan fingerprint density at radius 2 is 1.75 bits per heavy atom. The van der Waals surface area contributed by atoms with Crippen LogP contribution in [0, 0.1) is 0 Å². The predicted molar refractivity (Wildman–Crippen MR) is 108 cm³/mol. The molecule has 3 amide bonds. The number of hydrogen-bond donors (Lipinski definition) is 0. The van der Waals surface area contributed by atoms with Crippen LogP contribution in [0.2, 0.25) is 0 Å². The molecule has 1 aliphatic carbocycles. The number of benzene rings is 2. The van der Waals surface area contributed by atoms with Gasteiger partial charge in [-0.15, -0.1) is 0 Å². The SMILES string of the molecule is CN1C(=O)N(CCc2cccc(-c3ccccc3)c2)C(=O)C1COC1CCC1. The summed E-state index contributed by atoms with van der Waals surface area (Å²) in [5, 5.41) is 0. The van der Waals surface area contributed by atoms with E-state index in [0.717, 1.165) is 29.5 Å². The second-order valence-electron chi connectivity index (χ2n) is 7.60. The van der Waals surface area contributed by atoms with Gasteiger partial charge in [0.1, 0.15) is 6.04 Å². The van der Waals surface area contributed by atoms with E-state index >= 15 is 0 Å². The van der Waals surface area contributed by atoms with Gasteiger partial charge in [0.05, 0.1) is 12.7 Å². The number of rotatable bonds is 7. The highest BCUT2D eigenvalue weighted by Gasteiger charge is 2.43. The number of carbonyl (C=O) groups excluding carboxylic acids is 2. The summed E-state index contributed by atoms with van der Waals surface area (Å²) >= 11 is 0. The average molecular weight is 378 g/mol. The fourth-order valence-electron chi connectivity index (χ4n) is 3.70. The van der Waals surface area contributed by atoms with Crippen molar-refractivity contribution in [2.24, 2.45) is 0 Å². The van der Waals surface area contributed by atoms with Crippen LogP contribution in [0.4, 0.5) is 4.79 Å². The molecule has 0 aromatic heterocycles. The Bertz CT molecular complexity index is 848. The van der Waals surface area contributed by atoms with Gasteiger partial charge in [0.15, 0.2) is 0 Å². The predicted octanol–water partition coefficient (Wildman–Crippen LogP) is 3.73. The van der Waals surface area contributed by atoms with E-state index in [-0.39, 0.29) is 18.0 Å². The van der Waals surface area contributed by atoms with E-state index in [4.69, 9.17) is 4.74 Å². The molecule has 5 nitrogen and oxygen atoms in total. The third kappa shape index (κ3) is 3.80. The van der Waals surface area contributed by atoms with Crippen molar-refractivity contribution in [3.8, 4) is 11.1 Å². The minimum absolute atomic E-state index is 0.147. The molecule has 2 aliphatic rings. The van der Waals surface area contributed by atoms with Crippen LogP contribution in [-0.2, 0) is 16.0 Å². The van der Waals surface area contributed by atoms with Gasteiger partial charge in [0.25, 0.3) is 5.91 Å². The highest BCUT2D eigenvalue weighted by molar-refractivity contribution is 6.04. The van der Waals surface area contributed by atoms with Crippen LogP contribution in [0.5, 0.6) is 0 Å². The Morgan fingerprint density at radius 3 is 2.46 bits per heavy atom. The maximum absolute atomic E-state index is 12.7. The van der Waals surface area contributed by atoms with Crippen LogP contribution in [0.15, 0.2) is 54.6 Å². The smallest absolute Gasteiger partial charge is 0.327 e. The topological polar surface area (TPSA) is 49.9 Å². The van der Waals surface area contributed by atoms with Crippen molar-refractivity contribution in [3.63, 3.8) is 0 Å². The molecule has 1 saturated heterocycles. The highest BCUT2D eigenvalue weighted by atomic mass is 16.5. The summed E-state index contributed by atoms with van der Waals surface area (Å²) in [5.74, 6) is -0.147. The van der Waals surface area contributed by atoms with Crippen molar-refractivity contribution in [2.75, 3.05) is 20.2 Å². The number of imide groups is 1. The molecule has 28 heavy (non-hydrogen) atoms. The first-order valence-electron chi connectivity index (χ1n) is 9.97. The quantitative estimate of drug-likeness (QED) is 0.690. The lowest BCUT2D eigenvalue weighted by Crippen LogP contribution is -2.38. The van der Waals surface area contributed by atoms with Gasteiger partial charge < -0.3 is 9.64 Å². The van der Waals surface area contributed by atoms with Gasteiger partial charge in [-0.3, -0.25) is 9.69 Å². The first-order valence-corrected chi connectivity index (χ1v) is 9.97. The van der Waals surface area contributed by atoms with Gasteiger partial charge >= 0.3 is 6.03 Å². The summed E-state index contributed by atoms with van der Waals surface area (Å²) in [6.07, 6.45) is 4.19. The van der Waals surface area contributed by atoms with E-state index in [1.807, 2.05) is 30.3 Å². The van der Waals surface area contributed by atoms with Gasteiger partial charge in [-0.1, -0.05) is 54.6 Å². The number of hydrogen-bond acceptors (Lipinski definition) is 3. The van der Waals surface area contributed by atoms with Gasteiger partial charge in [-0.2, -0.15) is 0 Å². The summed E-state index contributed by atoms with van der Waals surface area (Å²) in [6, 6.07) is 17.7. The minimum atomic E-state index is -0.497. The fraction of sp³-hybridized carbons (Fsp3) is 0.391. The van der Waals surface area contributed by atoms with Crippen LogP contribution in [0.25, 0.3) is 11.1 Å². The second kappa shape index (κ2) is 8.15. The molecule has 4 rings (SSSR count). The lowest BCUT2D eigenvalue weighted by atomic mass is 9.96. The number of nitrogens with zero attached hydrogens (tertiary/aromatic N) is 2. The number of likely N-dealkylation sites (N-methyl/N-ethyl adjacent to an activating group) is 1. The molecule has 1 heterocycles. The Labute approximate surface area is 165 Å². The standard InChI is InChI=1S/C23H26N2O3/c1-24-21(16-28-20-11-6-12-20)22(26)25(23(24)27)14-13-17-7-5-10-19(15-17)18-8-3-2-4-9-18/h2-5,7-10,15,20-21H,6,11-14,16H2,1H3. The molecule has 2 aromatic carbocycles. The van der Waals surface area contributed by atoms with Crippen LogP contribution in [-0.4, -0.2) is 54.1 Å². The zero-order valence-electron chi connectivity index (χ0n) is 16.2. The molecule has 0 spiro atoms. The molecular weight excluding hydrogens is 352 g/mol. The van der Waals surface area contributed by atoms with Crippen molar-refractivity contribution in [1.29, 1.82) is 0 Å². The van der Waals surface area contributed by atoms with Crippen LogP contribution >= 0.6 is 0 Å². The molecule has 2 fully saturated rings. The zero-order chi connectivity index (χ0) is 19.5. The molecule has 0 N–H and O–H groups in total. The number of carbonyl (C=O) groups is 2. The van der Waals surface area contributed by atoms with Crippen molar-refractivity contribution in [1.82, 2.24) is 9.80 Å². The van der Waals surface area contributed by atoms with E-state index < -0.39 is 6.04 Å². The molecule has 1 unspecified atom stereocenters. The van der Waals surface area contributed by atoms with Crippen molar-refractivity contribution < 1.29 is 14.3 Å². The maximum atomic E-state index is 12.7. The Balaban J connectivity index is 1.39. The van der Waals surface area contributed by atoms with Gasteiger partial charge in [0.2, 0.25) is 0 Å². The van der Waals surface area contributed by atoms with Crippen LogP contribution in [0.1, 0.15) is 24.8 Å². The number of amides is 3. The van der Waals surface area contributed by atoms with E-state index in [0.29, 0.717) is 19.6 Å². The first-order chi connectivity index (χ1) is 13.6. The molecule has 1 atom stereocenters. The normalized spacial score (nSPS) is 20.0. The number of ether oxygens (including phenoxy) is 1. The van der Waals surface area contributed by atoms with Crippen molar-refractivity contribution in [3.05, 3.63) is 60.2 Å². The summed E-state index contributed by atoms with van der Waals surface area (Å²) < 4.78 is 5.79. The lowest BCUT2D eigenvalue weighted by Gasteiger charge is -2.27. The van der Waals surface area contributed by atoms with Crippen LogP contribution in [0.3, 0.4) is 0 Å². The number of urea groups is 1.